The third-order valence-electron chi connectivity index (χ3n) is 11.0. The lowest BCUT2D eigenvalue weighted by Crippen LogP contribution is -2.59. The molecule has 0 aromatic carbocycles. The van der Waals surface area contributed by atoms with Crippen molar-refractivity contribution in [2.24, 2.45) is 46.3 Å². The van der Waals surface area contributed by atoms with Crippen molar-refractivity contribution in [1.29, 1.82) is 0 Å². The minimum Gasteiger partial charge on any atom is -0.396 e. The smallest absolute Gasteiger partial charge is 0.146 e. The molecule has 0 unspecified atom stereocenters. The van der Waals surface area contributed by atoms with E-state index in [0.29, 0.717) is 61.0 Å². The van der Waals surface area contributed by atoms with Gasteiger partial charge in [0.2, 0.25) is 0 Å². The van der Waals surface area contributed by atoms with Gasteiger partial charge in [0.25, 0.3) is 0 Å². The van der Waals surface area contributed by atoms with Crippen LogP contribution in [0.25, 0.3) is 0 Å². The fraction of sp³-hybridized carbons (Fsp3) is 1.00. The van der Waals surface area contributed by atoms with E-state index < -0.39 is 0 Å². The molecule has 0 amide bonds. The van der Waals surface area contributed by atoms with Crippen LogP contribution in [-0.4, -0.2) is 51.7 Å². The monoisotopic (exact) mass is 466 g/mol. The largest absolute Gasteiger partial charge is 0.396 e. The second-order valence-corrected chi connectivity index (χ2v) is 12.4. The number of ether oxygens (including phenoxy) is 4. The zero-order valence-corrected chi connectivity index (χ0v) is 21.9. The highest BCUT2D eigenvalue weighted by Crippen LogP contribution is 2.68. The van der Waals surface area contributed by atoms with Crippen molar-refractivity contribution in [2.45, 2.75) is 97.2 Å². The van der Waals surface area contributed by atoms with Crippen molar-refractivity contribution in [1.82, 2.24) is 0 Å². The molecule has 0 bridgehead atoms. The van der Waals surface area contributed by atoms with Gasteiger partial charge in [0.05, 0.1) is 12.2 Å². The molecule has 4 saturated carbocycles. The maximum absolute atomic E-state index is 9.39. The third-order valence-corrected chi connectivity index (χ3v) is 11.0. The number of methoxy groups -OCH3 is 2. The van der Waals surface area contributed by atoms with E-state index in [-0.39, 0.29) is 0 Å². The van der Waals surface area contributed by atoms with Gasteiger partial charge >= 0.3 is 0 Å². The summed E-state index contributed by atoms with van der Waals surface area (Å²) in [5.74, 6) is 4.27. The molecule has 4 aliphatic carbocycles. The van der Waals surface area contributed by atoms with Crippen molar-refractivity contribution < 1.29 is 24.1 Å². The Morgan fingerprint density at radius 3 is 2.30 bits per heavy atom. The van der Waals surface area contributed by atoms with Crippen molar-refractivity contribution >= 4 is 0 Å². The highest BCUT2D eigenvalue weighted by atomic mass is 16.7. The Morgan fingerprint density at radius 1 is 0.879 bits per heavy atom. The normalized spacial score (nSPS) is 45.8. The SMILES string of the molecule is COCO[C@@H]1CC[C@@]2(C)[C@@H](C1)C[C@@H](OCOC)[C@@H]1[C@@H]2CC[C@]2(C)[C@@H]([C@H](C)CCCO)CC[C@@H]12. The first-order valence-electron chi connectivity index (χ1n) is 13.7. The van der Waals surface area contributed by atoms with Crippen molar-refractivity contribution in [3.8, 4) is 0 Å². The number of rotatable bonds is 10. The first-order chi connectivity index (χ1) is 15.9. The third kappa shape index (κ3) is 4.79. The predicted molar refractivity (Wildman–Crippen MR) is 130 cm³/mol. The van der Waals surface area contributed by atoms with Gasteiger partial charge in [-0.25, -0.2) is 0 Å². The summed E-state index contributed by atoms with van der Waals surface area (Å²) >= 11 is 0. The lowest BCUT2D eigenvalue weighted by molar-refractivity contribution is -0.213. The van der Waals surface area contributed by atoms with E-state index in [1.165, 1.54) is 32.1 Å². The molecule has 0 heterocycles. The zero-order chi connectivity index (χ0) is 23.6. The standard InChI is InChI=1S/C28H50O5/c1-19(7-6-14-29)22-8-9-23-26-24(11-13-28(22,23)3)27(2)12-10-21(32-17-30-4)15-20(27)16-25(26)33-18-31-5/h19-26,29H,6-18H2,1-5H3/t19-,20+,21-,22-,23+,24+,25-,26+,27+,28-/m1/s1. The zero-order valence-electron chi connectivity index (χ0n) is 21.9. The van der Waals surface area contributed by atoms with Gasteiger partial charge in [0.15, 0.2) is 0 Å². The summed E-state index contributed by atoms with van der Waals surface area (Å²) in [6, 6.07) is 0. The van der Waals surface area contributed by atoms with Crippen LogP contribution in [0.3, 0.4) is 0 Å². The van der Waals surface area contributed by atoms with E-state index in [4.69, 9.17) is 18.9 Å². The lowest BCUT2D eigenvalue weighted by Gasteiger charge is -2.63. The summed E-state index contributed by atoms with van der Waals surface area (Å²) < 4.78 is 23.1. The molecule has 0 radical (unpaired) electrons. The van der Waals surface area contributed by atoms with Crippen LogP contribution in [0, 0.1) is 46.3 Å². The first-order valence-corrected chi connectivity index (χ1v) is 13.7. The second kappa shape index (κ2) is 10.8. The quantitative estimate of drug-likeness (QED) is 0.422. The number of fused-ring (bicyclic) bond motifs is 5. The number of hydrogen-bond donors (Lipinski definition) is 1. The molecule has 0 aromatic heterocycles. The van der Waals surface area contributed by atoms with E-state index in [9.17, 15) is 5.11 Å². The molecule has 0 aliphatic heterocycles. The van der Waals surface area contributed by atoms with E-state index in [0.717, 1.165) is 49.9 Å². The molecule has 192 valence electrons. The van der Waals surface area contributed by atoms with Crippen LogP contribution in [0.5, 0.6) is 0 Å². The molecule has 33 heavy (non-hydrogen) atoms. The lowest BCUT2D eigenvalue weighted by atomic mass is 9.43. The van der Waals surface area contributed by atoms with Crippen molar-refractivity contribution in [2.75, 3.05) is 34.4 Å². The molecule has 0 spiro atoms. The second-order valence-electron chi connectivity index (χ2n) is 12.4. The Labute approximate surface area is 202 Å². The Balaban J connectivity index is 1.56. The maximum atomic E-state index is 9.39. The summed E-state index contributed by atoms with van der Waals surface area (Å²) in [6.07, 6.45) is 12.8. The van der Waals surface area contributed by atoms with Crippen LogP contribution < -0.4 is 0 Å². The molecule has 0 aromatic rings. The van der Waals surface area contributed by atoms with Crippen LogP contribution in [0.2, 0.25) is 0 Å². The Kier molecular flexibility index (Phi) is 8.49. The van der Waals surface area contributed by atoms with Crippen LogP contribution in [-0.2, 0) is 18.9 Å². The van der Waals surface area contributed by atoms with E-state index in [1.54, 1.807) is 14.2 Å². The summed E-state index contributed by atoms with van der Waals surface area (Å²) in [4.78, 5) is 0. The molecule has 4 fully saturated rings. The summed E-state index contributed by atoms with van der Waals surface area (Å²) in [6.45, 7) is 8.79. The molecule has 10 atom stereocenters. The molecule has 4 rings (SSSR count). The fourth-order valence-corrected chi connectivity index (χ4v) is 9.39. The van der Waals surface area contributed by atoms with Gasteiger partial charge in [0, 0.05) is 20.8 Å². The van der Waals surface area contributed by atoms with Crippen molar-refractivity contribution in [3.63, 3.8) is 0 Å². The Bertz CT molecular complexity index is 627. The summed E-state index contributed by atoms with van der Waals surface area (Å²) in [7, 11) is 3.46. The van der Waals surface area contributed by atoms with E-state index >= 15 is 0 Å². The van der Waals surface area contributed by atoms with Gasteiger partial charge in [-0.3, -0.25) is 0 Å². The minimum absolute atomic E-state index is 0.297. The molecule has 1 N–H and O–H groups in total. The summed E-state index contributed by atoms with van der Waals surface area (Å²) in [5.41, 5.74) is 0.805. The molecular formula is C28H50O5. The fourth-order valence-electron chi connectivity index (χ4n) is 9.39. The van der Waals surface area contributed by atoms with Gasteiger partial charge in [-0.05, 0) is 111 Å². The Morgan fingerprint density at radius 2 is 1.58 bits per heavy atom. The van der Waals surface area contributed by atoms with Crippen LogP contribution in [0.1, 0.15) is 85.0 Å². The maximum Gasteiger partial charge on any atom is 0.146 e. The summed E-state index contributed by atoms with van der Waals surface area (Å²) in [5, 5.41) is 9.39. The first kappa shape index (κ1) is 25.9. The van der Waals surface area contributed by atoms with Gasteiger partial charge < -0.3 is 24.1 Å². The molecular weight excluding hydrogens is 416 g/mol. The highest BCUT2D eigenvalue weighted by molar-refractivity contribution is 5.12. The number of aliphatic hydroxyl groups excluding tert-OH is 1. The Hall–Kier alpha value is -0.200. The minimum atomic E-state index is 0.297. The van der Waals surface area contributed by atoms with Crippen LogP contribution >= 0.6 is 0 Å². The van der Waals surface area contributed by atoms with Crippen LogP contribution in [0.4, 0.5) is 0 Å². The van der Waals surface area contributed by atoms with Crippen LogP contribution in [0.15, 0.2) is 0 Å². The highest BCUT2D eigenvalue weighted by Gasteiger charge is 2.63. The van der Waals surface area contributed by atoms with E-state index in [1.807, 2.05) is 0 Å². The average Bonchev–Trinajstić information content (AvgIpc) is 3.17. The number of aliphatic hydroxyl groups is 1. The van der Waals surface area contributed by atoms with Gasteiger partial charge in [0.1, 0.15) is 13.6 Å². The molecule has 5 heteroatoms. The molecule has 5 nitrogen and oxygen atoms in total. The topological polar surface area (TPSA) is 57.2 Å². The van der Waals surface area contributed by atoms with Crippen molar-refractivity contribution in [3.05, 3.63) is 0 Å². The molecule has 0 saturated heterocycles. The van der Waals surface area contributed by atoms with Gasteiger partial charge in [-0.15, -0.1) is 0 Å². The predicted octanol–water partition coefficient (Wildman–Crippen LogP) is 5.64. The number of hydrogen-bond acceptors (Lipinski definition) is 5. The van der Waals surface area contributed by atoms with Gasteiger partial charge in [-0.2, -0.15) is 0 Å². The van der Waals surface area contributed by atoms with Gasteiger partial charge in [-0.1, -0.05) is 20.8 Å². The average molecular weight is 467 g/mol. The molecule has 4 aliphatic rings. The van der Waals surface area contributed by atoms with E-state index in [2.05, 4.69) is 20.8 Å².